The van der Waals surface area contributed by atoms with Gasteiger partial charge in [0.2, 0.25) is 10.0 Å². The van der Waals surface area contributed by atoms with E-state index in [9.17, 15) is 12.8 Å². The van der Waals surface area contributed by atoms with Crippen LogP contribution in [0.25, 0.3) is 0 Å². The molecule has 0 amide bonds. The molecule has 124 valence electrons. The highest BCUT2D eigenvalue weighted by atomic mass is 35.5. The van der Waals surface area contributed by atoms with Crippen molar-refractivity contribution in [3.05, 3.63) is 69.5 Å². The van der Waals surface area contributed by atoms with Crippen LogP contribution < -0.4 is 4.72 Å². The normalized spacial score (nSPS) is 13.1. The van der Waals surface area contributed by atoms with Crippen LogP contribution in [-0.2, 0) is 15.8 Å². The van der Waals surface area contributed by atoms with Gasteiger partial charge in [-0.2, -0.15) is 0 Å². The number of aryl methyl sites for hydroxylation is 2. The Labute approximate surface area is 141 Å². The third kappa shape index (κ3) is 4.53. The number of nitrogens with one attached hydrogen (secondary N) is 1. The van der Waals surface area contributed by atoms with Crippen LogP contribution in [-0.4, -0.2) is 8.42 Å². The minimum Gasteiger partial charge on any atom is -0.212 e. The average Bonchev–Trinajstić information content (AvgIpc) is 2.45. The van der Waals surface area contributed by atoms with Crippen LogP contribution in [0.15, 0.2) is 36.4 Å². The Bertz CT molecular complexity index is 801. The molecule has 0 aliphatic heterocycles. The Balaban J connectivity index is 2.23. The molecule has 23 heavy (non-hydrogen) atoms. The fraction of sp³-hybridized carbons (Fsp3) is 0.294. The number of rotatable bonds is 5. The fourth-order valence-electron chi connectivity index (χ4n) is 2.46. The van der Waals surface area contributed by atoms with Gasteiger partial charge in [-0.1, -0.05) is 41.4 Å². The molecule has 0 bridgehead atoms. The highest BCUT2D eigenvalue weighted by Crippen LogP contribution is 2.23. The maximum absolute atomic E-state index is 13.8. The summed E-state index contributed by atoms with van der Waals surface area (Å²) in [5, 5.41) is 0.106. The lowest BCUT2D eigenvalue weighted by Crippen LogP contribution is -2.29. The smallest absolute Gasteiger partial charge is 0.212 e. The Morgan fingerprint density at radius 3 is 2.57 bits per heavy atom. The van der Waals surface area contributed by atoms with Crippen LogP contribution >= 0.6 is 11.6 Å². The van der Waals surface area contributed by atoms with Gasteiger partial charge in [0.1, 0.15) is 5.82 Å². The lowest BCUT2D eigenvalue weighted by Gasteiger charge is -2.18. The van der Waals surface area contributed by atoms with Crippen molar-refractivity contribution in [1.29, 1.82) is 0 Å². The van der Waals surface area contributed by atoms with E-state index in [0.717, 1.165) is 16.7 Å². The molecule has 0 aliphatic rings. The fourth-order valence-corrected chi connectivity index (χ4v) is 4.19. The second kappa shape index (κ2) is 6.99. The minimum atomic E-state index is -3.73. The number of halogens is 2. The molecule has 0 heterocycles. The van der Waals surface area contributed by atoms with Crippen molar-refractivity contribution in [2.45, 2.75) is 32.6 Å². The van der Waals surface area contributed by atoms with Crippen molar-refractivity contribution in [2.75, 3.05) is 0 Å². The number of benzene rings is 2. The largest absolute Gasteiger partial charge is 0.216 e. The van der Waals surface area contributed by atoms with Gasteiger partial charge >= 0.3 is 0 Å². The molecular formula is C17H19ClFNO2S. The molecule has 0 unspecified atom stereocenters. The maximum atomic E-state index is 13.8. The Morgan fingerprint density at radius 2 is 1.91 bits per heavy atom. The molecule has 6 heteroatoms. The SMILES string of the molecule is Cc1ccc(C)c([C@H](C)NS(=O)(=O)Cc2c(F)cccc2Cl)c1. The maximum Gasteiger partial charge on any atom is 0.216 e. The molecule has 2 aromatic carbocycles. The van der Waals surface area contributed by atoms with Gasteiger partial charge in [-0.05, 0) is 44.0 Å². The van der Waals surface area contributed by atoms with Gasteiger partial charge < -0.3 is 0 Å². The van der Waals surface area contributed by atoms with Gasteiger partial charge in [-0.25, -0.2) is 17.5 Å². The van der Waals surface area contributed by atoms with Crippen LogP contribution in [0.1, 0.15) is 35.2 Å². The molecule has 2 aromatic rings. The summed E-state index contributed by atoms with van der Waals surface area (Å²) in [5.41, 5.74) is 2.92. The first kappa shape index (κ1) is 17.9. The molecule has 0 aliphatic carbocycles. The Kier molecular flexibility index (Phi) is 5.45. The van der Waals surface area contributed by atoms with E-state index in [1.165, 1.54) is 18.2 Å². The number of hydrogen-bond donors (Lipinski definition) is 1. The van der Waals surface area contributed by atoms with E-state index >= 15 is 0 Å². The van der Waals surface area contributed by atoms with E-state index in [-0.39, 0.29) is 10.6 Å². The van der Waals surface area contributed by atoms with E-state index in [4.69, 9.17) is 11.6 Å². The number of sulfonamides is 1. The molecule has 0 radical (unpaired) electrons. The molecule has 1 N–H and O–H groups in total. The van der Waals surface area contributed by atoms with Crippen LogP contribution in [0, 0.1) is 19.7 Å². The summed E-state index contributed by atoms with van der Waals surface area (Å²) >= 11 is 5.90. The summed E-state index contributed by atoms with van der Waals surface area (Å²) in [4.78, 5) is 0. The first-order chi connectivity index (χ1) is 10.7. The Hall–Kier alpha value is -1.43. The first-order valence-electron chi connectivity index (χ1n) is 7.19. The van der Waals surface area contributed by atoms with Crippen molar-refractivity contribution < 1.29 is 12.8 Å². The molecule has 2 rings (SSSR count). The van der Waals surface area contributed by atoms with Crippen LogP contribution in [0.2, 0.25) is 5.02 Å². The van der Waals surface area contributed by atoms with Gasteiger partial charge in [0.15, 0.2) is 0 Å². The predicted molar refractivity (Wildman–Crippen MR) is 91.5 cm³/mol. The van der Waals surface area contributed by atoms with Crippen molar-refractivity contribution in [1.82, 2.24) is 4.72 Å². The van der Waals surface area contributed by atoms with Crippen LogP contribution in [0.4, 0.5) is 4.39 Å². The third-order valence-electron chi connectivity index (χ3n) is 3.65. The van der Waals surface area contributed by atoms with E-state index < -0.39 is 27.6 Å². The molecule has 1 atom stereocenters. The topological polar surface area (TPSA) is 46.2 Å². The molecule has 0 saturated heterocycles. The predicted octanol–water partition coefficient (Wildman–Crippen LogP) is 4.28. The Morgan fingerprint density at radius 1 is 1.22 bits per heavy atom. The summed E-state index contributed by atoms with van der Waals surface area (Å²) < 4.78 is 41.1. The van der Waals surface area contributed by atoms with Crippen LogP contribution in [0.5, 0.6) is 0 Å². The standard InChI is InChI=1S/C17H19ClFNO2S/c1-11-7-8-12(2)14(9-11)13(3)20-23(21,22)10-15-16(18)5-4-6-17(15)19/h4-9,13,20H,10H2,1-3H3/t13-/m0/s1. The van der Waals surface area contributed by atoms with Gasteiger partial charge in [-0.15, -0.1) is 0 Å². The van der Waals surface area contributed by atoms with Gasteiger partial charge in [0, 0.05) is 16.6 Å². The van der Waals surface area contributed by atoms with Gasteiger partial charge in [-0.3, -0.25) is 0 Å². The van der Waals surface area contributed by atoms with E-state index in [1.807, 2.05) is 32.0 Å². The molecular weight excluding hydrogens is 337 g/mol. The molecule has 0 saturated carbocycles. The summed E-state index contributed by atoms with van der Waals surface area (Å²) in [6, 6.07) is 9.57. The van der Waals surface area contributed by atoms with E-state index in [0.29, 0.717) is 0 Å². The minimum absolute atomic E-state index is 0.0187. The summed E-state index contributed by atoms with van der Waals surface area (Å²) in [7, 11) is -3.73. The van der Waals surface area contributed by atoms with Gasteiger partial charge in [0.25, 0.3) is 0 Å². The monoisotopic (exact) mass is 355 g/mol. The molecule has 0 fully saturated rings. The second-order valence-electron chi connectivity index (χ2n) is 5.66. The van der Waals surface area contributed by atoms with Crippen molar-refractivity contribution in [3.63, 3.8) is 0 Å². The zero-order valence-corrected chi connectivity index (χ0v) is 14.8. The summed E-state index contributed by atoms with van der Waals surface area (Å²) in [5.74, 6) is -1.12. The lowest BCUT2D eigenvalue weighted by molar-refractivity contribution is 0.561. The second-order valence-corrected chi connectivity index (χ2v) is 7.82. The zero-order valence-electron chi connectivity index (χ0n) is 13.2. The third-order valence-corrected chi connectivity index (χ3v) is 5.39. The number of hydrogen-bond acceptors (Lipinski definition) is 2. The molecule has 0 aromatic heterocycles. The average molecular weight is 356 g/mol. The van der Waals surface area contributed by atoms with Gasteiger partial charge in [0.05, 0.1) is 5.75 Å². The zero-order chi connectivity index (χ0) is 17.2. The lowest BCUT2D eigenvalue weighted by atomic mass is 10.0. The summed E-state index contributed by atoms with van der Waals surface area (Å²) in [6.45, 7) is 5.64. The van der Waals surface area contributed by atoms with Crippen LogP contribution in [0.3, 0.4) is 0 Å². The van der Waals surface area contributed by atoms with E-state index in [1.54, 1.807) is 6.92 Å². The quantitative estimate of drug-likeness (QED) is 0.870. The highest BCUT2D eigenvalue weighted by Gasteiger charge is 2.21. The van der Waals surface area contributed by atoms with Crippen molar-refractivity contribution >= 4 is 21.6 Å². The summed E-state index contributed by atoms with van der Waals surface area (Å²) in [6.07, 6.45) is 0. The molecule has 3 nitrogen and oxygen atoms in total. The van der Waals surface area contributed by atoms with Crippen molar-refractivity contribution in [3.8, 4) is 0 Å². The van der Waals surface area contributed by atoms with E-state index in [2.05, 4.69) is 4.72 Å². The molecule has 0 spiro atoms. The first-order valence-corrected chi connectivity index (χ1v) is 9.22. The van der Waals surface area contributed by atoms with Crippen molar-refractivity contribution in [2.24, 2.45) is 0 Å². The highest BCUT2D eigenvalue weighted by molar-refractivity contribution is 7.88.